The van der Waals surface area contributed by atoms with Crippen molar-refractivity contribution in [3.8, 4) is 0 Å². The zero-order valence-corrected chi connectivity index (χ0v) is 57.3. The van der Waals surface area contributed by atoms with Gasteiger partial charge in [0.2, 0.25) is 31.6 Å². The molecule has 4 aromatic heterocycles. The Morgan fingerprint density at radius 1 is 0.565 bits per heavy atom. The summed E-state index contributed by atoms with van der Waals surface area (Å²) in [6.45, 7) is 28.2. The number of pyridine rings is 2. The molecular formula is C60H78B3BrF4N8O14S2. The number of carbonyl (C=O) groups excluding carboxylic acids is 2. The molecule has 32 heteroatoms. The van der Waals surface area contributed by atoms with E-state index in [9.17, 15) is 35.2 Å². The second-order valence-corrected chi connectivity index (χ2v) is 30.9. The molecule has 92 heavy (non-hydrogen) atoms. The van der Waals surface area contributed by atoms with Crippen molar-refractivity contribution in [1.82, 2.24) is 29.5 Å². The molecule has 0 radical (unpaired) electrons. The number of anilines is 2. The van der Waals surface area contributed by atoms with Crippen LogP contribution >= 0.6 is 15.9 Å². The standard InChI is InChI=1S/C27H33BF2N4O6S.C21H21BrF2N4O4S.C12H24B2O4/c1-6-13-41(36,37)33-23-19(29)11-10-17(21(23)30)24(35)22-18-14-16(28-39-26(2,3)27(4,5)40-28)15-31-25(18)34(32-22)20-9-7-8-12-38-20;1-2-9-33(30,31)27-19-15(23)7-6-13(17(19)24)20(29)18-14-10-12(22)11-25-21(14)28(26-18)16-5-3-4-8-32-16;1-9(2)10(3,4)16-13(15-9)14-17-11(5,6)12(7,8)18-14/h10-11,14-15,20,33H,6-9,12-13H2,1-5H3;6-7,10-11,16,27H,2-5,8-9H2,1H3;1-8H3. The molecule has 0 spiro atoms. The first kappa shape index (κ1) is 70.9. The number of fused-ring (bicyclic) bond motifs is 2. The minimum absolute atomic E-state index is 0.0964. The fourth-order valence-electron chi connectivity index (χ4n) is 10.6. The summed E-state index contributed by atoms with van der Waals surface area (Å²) in [7, 11) is -9.75. The SMILES string of the molecule is CC1(C)OB(B2OC(C)(C)C(C)(C)O2)OC1(C)C.CCCS(=O)(=O)Nc1c(F)ccc(C(=O)c2nn(C3CCCCO3)c3ncc(B4OC(C)(C)C(C)(C)O4)cc23)c1F.CCCS(=O)(=O)Nc1c(F)ccc(C(=O)c2nn(C3CCCCO3)c3ncc(Br)cc23)c1F. The third-order valence-corrected chi connectivity index (χ3v) is 21.1. The van der Waals surface area contributed by atoms with Crippen LogP contribution in [-0.4, -0.2) is 137 Å². The van der Waals surface area contributed by atoms with Crippen molar-refractivity contribution >= 4 is 108 Å². The highest BCUT2D eigenvalue weighted by Crippen LogP contribution is 2.44. The van der Waals surface area contributed by atoms with Gasteiger partial charge in [-0.15, -0.1) is 0 Å². The number of ketones is 2. The number of ether oxygens (including phenoxy) is 2. The van der Waals surface area contributed by atoms with E-state index in [1.165, 1.54) is 9.36 Å². The number of nitrogens with one attached hydrogen (secondary N) is 2. The molecule has 0 saturated carbocycles. The Labute approximate surface area is 543 Å². The molecule has 11 rings (SSSR count). The van der Waals surface area contributed by atoms with Gasteiger partial charge in [0.05, 0.1) is 67.0 Å². The summed E-state index contributed by atoms with van der Waals surface area (Å²) in [4.78, 5) is 36.1. The number of benzene rings is 2. The van der Waals surface area contributed by atoms with Gasteiger partial charge in [-0.05, 0) is 187 Å². The molecule has 2 unspecified atom stereocenters. The predicted molar refractivity (Wildman–Crippen MR) is 343 cm³/mol. The van der Waals surface area contributed by atoms with Gasteiger partial charge in [0.1, 0.15) is 34.4 Å². The Hall–Kier alpha value is -5.41. The lowest BCUT2D eigenvalue weighted by atomic mass is 9.49. The van der Waals surface area contributed by atoms with E-state index in [2.05, 4.69) is 36.1 Å². The molecule has 9 heterocycles. The average molecular weight is 1390 g/mol. The predicted octanol–water partition coefficient (Wildman–Crippen LogP) is 10.9. The summed E-state index contributed by atoms with van der Waals surface area (Å²) >= 11 is 3.32. The molecule has 5 fully saturated rings. The Morgan fingerprint density at radius 2 is 0.935 bits per heavy atom. The summed E-state index contributed by atoms with van der Waals surface area (Å²) < 4.78 is 164. The van der Waals surface area contributed by atoms with Gasteiger partial charge < -0.3 is 37.4 Å². The van der Waals surface area contributed by atoms with Crippen LogP contribution in [0.2, 0.25) is 0 Å². The third kappa shape index (κ3) is 14.5. The van der Waals surface area contributed by atoms with E-state index in [0.29, 0.717) is 58.1 Å². The number of hydrogen-bond acceptors (Lipinski definition) is 18. The highest BCUT2D eigenvalue weighted by atomic mass is 79.9. The van der Waals surface area contributed by atoms with Gasteiger partial charge >= 0.3 is 21.1 Å². The van der Waals surface area contributed by atoms with E-state index in [0.717, 1.165) is 49.9 Å². The Morgan fingerprint density at radius 3 is 1.30 bits per heavy atom. The Bertz CT molecular complexity index is 3940. The number of halogens is 5. The first-order chi connectivity index (χ1) is 42.8. The van der Waals surface area contributed by atoms with Gasteiger partial charge in [-0.1, -0.05) is 13.8 Å². The van der Waals surface area contributed by atoms with Crippen LogP contribution in [0.3, 0.4) is 0 Å². The zero-order valence-electron chi connectivity index (χ0n) is 54.1. The van der Waals surface area contributed by atoms with E-state index in [1.54, 1.807) is 38.4 Å². The van der Waals surface area contributed by atoms with Crippen molar-refractivity contribution in [2.45, 2.75) is 194 Å². The molecule has 22 nitrogen and oxygen atoms in total. The number of hydrogen-bond donors (Lipinski definition) is 2. The first-order valence-corrected chi connectivity index (χ1v) is 34.7. The summed E-state index contributed by atoms with van der Waals surface area (Å²) in [5.74, 6) is -7.27. The second-order valence-electron chi connectivity index (χ2n) is 26.3. The summed E-state index contributed by atoms with van der Waals surface area (Å²) in [6, 6.07) is 6.93. The molecule has 5 aliphatic heterocycles. The molecular weight excluding hydrogens is 1310 g/mol. The maximum Gasteiger partial charge on any atom is 0.496 e. The molecule has 2 N–H and O–H groups in total. The number of carbonyl (C=O) groups is 2. The topological polar surface area (TPSA) is 262 Å². The fraction of sp³-hybridized carbons (Fsp3) is 0.567. The van der Waals surface area contributed by atoms with E-state index in [1.807, 2.05) is 92.5 Å². The quantitative estimate of drug-likeness (QED) is 0.0518. The van der Waals surface area contributed by atoms with Crippen LogP contribution < -0.4 is 14.9 Å². The third-order valence-electron chi connectivity index (χ3n) is 17.8. The van der Waals surface area contributed by atoms with Gasteiger partial charge in [0.25, 0.3) is 0 Å². The van der Waals surface area contributed by atoms with Crippen molar-refractivity contribution in [2.75, 3.05) is 34.2 Å². The largest absolute Gasteiger partial charge is 0.496 e. The lowest BCUT2D eigenvalue weighted by molar-refractivity contribution is -0.0372. The van der Waals surface area contributed by atoms with Crippen molar-refractivity contribution < 1.29 is 81.4 Å². The fourth-order valence-corrected chi connectivity index (χ4v) is 13.2. The van der Waals surface area contributed by atoms with Crippen molar-refractivity contribution in [3.05, 3.63) is 99.0 Å². The van der Waals surface area contributed by atoms with Gasteiger partial charge in [-0.3, -0.25) is 19.0 Å². The van der Waals surface area contributed by atoms with Crippen LogP contribution in [-0.2, 0) is 57.4 Å². The molecule has 2 atom stereocenters. The first-order valence-electron chi connectivity index (χ1n) is 30.6. The van der Waals surface area contributed by atoms with E-state index in [-0.39, 0.29) is 58.1 Å². The minimum atomic E-state index is -4.03. The van der Waals surface area contributed by atoms with Crippen LogP contribution in [0.5, 0.6) is 0 Å². The van der Waals surface area contributed by atoms with Gasteiger partial charge in [-0.2, -0.15) is 10.2 Å². The second kappa shape index (κ2) is 26.7. The van der Waals surface area contributed by atoms with Crippen molar-refractivity contribution in [2.24, 2.45) is 0 Å². The summed E-state index contributed by atoms with van der Waals surface area (Å²) in [5, 5.41) is 9.56. The highest BCUT2D eigenvalue weighted by Gasteiger charge is 2.64. The lowest BCUT2D eigenvalue weighted by Crippen LogP contribution is -2.41. The average Bonchev–Trinajstić information content (AvgIpc) is 1.59. The van der Waals surface area contributed by atoms with Crippen LogP contribution in [0.25, 0.3) is 22.1 Å². The van der Waals surface area contributed by atoms with E-state index < -0.39 is 122 Å². The van der Waals surface area contributed by atoms with Gasteiger partial charge in [-0.25, -0.2) is 53.7 Å². The number of sulfonamides is 2. The molecule has 5 saturated heterocycles. The number of aromatic nitrogens is 6. The molecule has 0 bridgehead atoms. The van der Waals surface area contributed by atoms with Gasteiger partial charge in [0.15, 0.2) is 35.4 Å². The maximum absolute atomic E-state index is 15.6. The van der Waals surface area contributed by atoms with Crippen LogP contribution in [0.1, 0.15) is 193 Å². The van der Waals surface area contributed by atoms with E-state index >= 15 is 8.78 Å². The van der Waals surface area contributed by atoms with E-state index in [4.69, 9.17) is 37.4 Å². The minimum Gasteiger partial charge on any atom is -0.405 e. The molecule has 0 amide bonds. The normalized spacial score (nSPS) is 21.4. The molecule has 6 aromatic rings. The zero-order chi connectivity index (χ0) is 67.5. The maximum atomic E-state index is 15.6. The summed E-state index contributed by atoms with van der Waals surface area (Å²) in [5.41, 5.74) is -4.53. The molecule has 2 aromatic carbocycles. The molecule has 5 aliphatic rings. The number of nitrogens with zero attached hydrogens (tertiary/aromatic N) is 6. The lowest BCUT2D eigenvalue weighted by Gasteiger charge is -2.32. The monoisotopic (exact) mass is 1390 g/mol. The van der Waals surface area contributed by atoms with Crippen molar-refractivity contribution in [3.63, 3.8) is 0 Å². The molecule has 498 valence electrons. The Balaban J connectivity index is 0.000000175. The van der Waals surface area contributed by atoms with Crippen LogP contribution in [0.15, 0.2) is 53.3 Å². The van der Waals surface area contributed by atoms with Gasteiger partial charge in [0, 0.05) is 35.5 Å². The van der Waals surface area contributed by atoms with Crippen LogP contribution in [0, 0.1) is 23.3 Å². The smallest absolute Gasteiger partial charge is 0.405 e. The number of rotatable bonds is 16. The molecule has 0 aliphatic carbocycles. The Kier molecular flexibility index (Phi) is 20.5. The summed E-state index contributed by atoms with van der Waals surface area (Å²) in [6.07, 6.45) is 7.63. The van der Waals surface area contributed by atoms with Crippen molar-refractivity contribution in [1.29, 1.82) is 0 Å². The highest BCUT2D eigenvalue weighted by molar-refractivity contribution is 9.10. The van der Waals surface area contributed by atoms with Crippen LogP contribution in [0.4, 0.5) is 28.9 Å².